The van der Waals surface area contributed by atoms with Gasteiger partial charge >= 0.3 is 0 Å². The van der Waals surface area contributed by atoms with Gasteiger partial charge in [0.2, 0.25) is 0 Å². The Bertz CT molecular complexity index is 829. The molecule has 0 N–H and O–H groups in total. The minimum atomic E-state index is -0.567. The molecule has 0 aliphatic carbocycles. The highest BCUT2D eigenvalue weighted by molar-refractivity contribution is 5.98. The quantitative estimate of drug-likeness (QED) is 0.669. The Balaban J connectivity index is 1.74. The van der Waals surface area contributed by atoms with Crippen LogP contribution in [0.1, 0.15) is 41.8 Å². The molecule has 0 saturated heterocycles. The molecule has 3 rings (SSSR count). The number of methoxy groups -OCH3 is 1. The van der Waals surface area contributed by atoms with Crippen LogP contribution in [0.25, 0.3) is 0 Å². The number of ether oxygens (including phenoxy) is 3. The van der Waals surface area contributed by atoms with Gasteiger partial charge in [-0.2, -0.15) is 0 Å². The minimum absolute atomic E-state index is 0.0252. The van der Waals surface area contributed by atoms with Gasteiger partial charge in [0.05, 0.1) is 7.11 Å². The van der Waals surface area contributed by atoms with E-state index in [1.165, 1.54) is 7.11 Å². The summed E-state index contributed by atoms with van der Waals surface area (Å²) in [4.78, 5) is 12.7. The molecule has 1 heterocycles. The molecule has 0 atom stereocenters. The lowest BCUT2D eigenvalue weighted by molar-refractivity contribution is 0.0846. The maximum atomic E-state index is 12.7. The number of aryl methyl sites for hydroxylation is 1. The standard InChI is InChI=1S/C22H25FO4/c1-22(2)9-8-17-14-16(5-7-19(17)27-22)18(24)12-15-4-6-20(26-11-10-23)21(13-15)25-3/h4-7,13-14H,8-12H2,1-3H3/i23-1. The zero-order valence-corrected chi connectivity index (χ0v) is 16.0. The third kappa shape index (κ3) is 4.59. The van der Waals surface area contributed by atoms with Crippen molar-refractivity contribution in [3.05, 3.63) is 53.1 Å². The average molecular weight is 371 g/mol. The van der Waals surface area contributed by atoms with Crippen LogP contribution in [0.3, 0.4) is 0 Å². The van der Waals surface area contributed by atoms with Crippen molar-refractivity contribution >= 4 is 5.78 Å². The number of ketones is 1. The molecule has 144 valence electrons. The van der Waals surface area contributed by atoms with Crippen molar-refractivity contribution in [3.63, 3.8) is 0 Å². The number of alkyl halides is 1. The van der Waals surface area contributed by atoms with Crippen molar-refractivity contribution in [2.24, 2.45) is 0 Å². The molecule has 1 aliphatic rings. The van der Waals surface area contributed by atoms with Crippen molar-refractivity contribution in [2.45, 2.75) is 38.7 Å². The maximum Gasteiger partial charge on any atom is 0.167 e. The summed E-state index contributed by atoms with van der Waals surface area (Å²) in [5.74, 6) is 1.86. The average Bonchev–Trinajstić information content (AvgIpc) is 2.65. The first-order valence-corrected chi connectivity index (χ1v) is 9.13. The number of hydrogen-bond donors (Lipinski definition) is 0. The zero-order chi connectivity index (χ0) is 19.4. The van der Waals surface area contributed by atoms with Crippen LogP contribution in [0.5, 0.6) is 17.2 Å². The van der Waals surface area contributed by atoms with E-state index in [1.807, 2.05) is 18.2 Å². The number of halogens is 1. The van der Waals surface area contributed by atoms with Crippen LogP contribution >= 0.6 is 0 Å². The molecule has 0 fully saturated rings. The Morgan fingerprint density at radius 2 is 2.00 bits per heavy atom. The van der Waals surface area contributed by atoms with Gasteiger partial charge < -0.3 is 14.2 Å². The Kier molecular flexibility index (Phi) is 5.68. The molecule has 0 radical (unpaired) electrons. The van der Waals surface area contributed by atoms with Crippen molar-refractivity contribution < 1.29 is 23.4 Å². The SMILES string of the molecule is COc1cc(CC(=O)c2ccc3c(c2)CCC(C)(C)O3)ccc1OCC[18F]. The van der Waals surface area contributed by atoms with Gasteiger partial charge in [-0.15, -0.1) is 0 Å². The van der Waals surface area contributed by atoms with E-state index in [-0.39, 0.29) is 24.4 Å². The van der Waals surface area contributed by atoms with Crippen molar-refractivity contribution in [2.75, 3.05) is 20.4 Å². The summed E-state index contributed by atoms with van der Waals surface area (Å²) in [6, 6.07) is 10.9. The van der Waals surface area contributed by atoms with E-state index in [0.29, 0.717) is 17.1 Å². The lowest BCUT2D eigenvalue weighted by atomic mass is 9.92. The minimum Gasteiger partial charge on any atom is -0.493 e. The van der Waals surface area contributed by atoms with Crippen molar-refractivity contribution in [1.82, 2.24) is 0 Å². The third-order valence-electron chi connectivity index (χ3n) is 4.69. The number of hydrogen-bond acceptors (Lipinski definition) is 4. The predicted octanol–water partition coefficient (Wildman–Crippen LogP) is 4.57. The molecular weight excluding hydrogens is 346 g/mol. The van der Waals surface area contributed by atoms with E-state index in [4.69, 9.17) is 14.2 Å². The second-order valence-corrected chi connectivity index (χ2v) is 7.31. The number of fused-ring (bicyclic) bond motifs is 1. The Morgan fingerprint density at radius 3 is 2.74 bits per heavy atom. The Hall–Kier alpha value is -2.56. The summed E-state index contributed by atoms with van der Waals surface area (Å²) in [7, 11) is 1.52. The summed E-state index contributed by atoms with van der Waals surface area (Å²) >= 11 is 0. The van der Waals surface area contributed by atoms with E-state index < -0.39 is 6.67 Å². The molecule has 0 saturated carbocycles. The smallest absolute Gasteiger partial charge is 0.167 e. The lowest BCUT2D eigenvalue weighted by Gasteiger charge is -2.32. The summed E-state index contributed by atoms with van der Waals surface area (Å²) in [6.07, 6.45) is 2.08. The van der Waals surface area contributed by atoms with Gasteiger partial charge in [0.15, 0.2) is 17.3 Å². The van der Waals surface area contributed by atoms with Gasteiger partial charge in [0.1, 0.15) is 24.6 Å². The highest BCUT2D eigenvalue weighted by Gasteiger charge is 2.27. The topological polar surface area (TPSA) is 44.8 Å². The Morgan fingerprint density at radius 1 is 1.19 bits per heavy atom. The first kappa shape index (κ1) is 19.2. The normalized spacial score (nSPS) is 14.8. The second kappa shape index (κ2) is 7.99. The highest BCUT2D eigenvalue weighted by Crippen LogP contribution is 2.34. The Labute approximate surface area is 159 Å². The van der Waals surface area contributed by atoms with Crippen LogP contribution in [0.4, 0.5) is 4.39 Å². The van der Waals surface area contributed by atoms with Gasteiger partial charge in [-0.25, -0.2) is 4.39 Å². The summed E-state index contributed by atoms with van der Waals surface area (Å²) in [5, 5.41) is 0. The molecule has 5 heteroatoms. The lowest BCUT2D eigenvalue weighted by Crippen LogP contribution is -2.32. The number of rotatable bonds is 7. The number of benzene rings is 2. The maximum absolute atomic E-state index is 12.7. The van der Waals surface area contributed by atoms with Crippen LogP contribution in [0, 0.1) is 0 Å². The van der Waals surface area contributed by atoms with Crippen LogP contribution in [0.15, 0.2) is 36.4 Å². The van der Waals surface area contributed by atoms with Crippen LogP contribution < -0.4 is 14.2 Å². The number of carbonyl (C=O) groups is 1. The predicted molar refractivity (Wildman–Crippen MR) is 102 cm³/mol. The van der Waals surface area contributed by atoms with Gasteiger partial charge in [-0.3, -0.25) is 4.79 Å². The summed E-state index contributed by atoms with van der Waals surface area (Å²) in [5.41, 5.74) is 2.40. The van der Waals surface area contributed by atoms with E-state index in [2.05, 4.69) is 13.8 Å². The molecule has 0 aromatic heterocycles. The van der Waals surface area contributed by atoms with Gasteiger partial charge in [-0.1, -0.05) is 6.07 Å². The van der Waals surface area contributed by atoms with E-state index in [9.17, 15) is 9.18 Å². The largest absolute Gasteiger partial charge is 0.493 e. The summed E-state index contributed by atoms with van der Waals surface area (Å²) < 4.78 is 28.9. The zero-order valence-electron chi connectivity index (χ0n) is 16.0. The van der Waals surface area contributed by atoms with Crippen LogP contribution in [-0.2, 0) is 12.8 Å². The molecule has 4 nitrogen and oxygen atoms in total. The second-order valence-electron chi connectivity index (χ2n) is 7.31. The number of carbonyl (C=O) groups excluding carboxylic acids is 1. The van der Waals surface area contributed by atoms with E-state index >= 15 is 0 Å². The van der Waals surface area contributed by atoms with Gasteiger partial charge in [0, 0.05) is 12.0 Å². The fraction of sp³-hybridized carbons (Fsp3) is 0.409. The first-order chi connectivity index (χ1) is 12.9. The first-order valence-electron chi connectivity index (χ1n) is 9.13. The molecule has 1 aliphatic heterocycles. The molecule has 0 spiro atoms. The monoisotopic (exact) mass is 371 g/mol. The molecule has 2 aromatic rings. The molecular formula is C22H25FO4. The molecule has 27 heavy (non-hydrogen) atoms. The van der Waals surface area contributed by atoms with Crippen molar-refractivity contribution in [1.29, 1.82) is 0 Å². The fourth-order valence-corrected chi connectivity index (χ4v) is 3.21. The van der Waals surface area contributed by atoms with Crippen LogP contribution in [-0.4, -0.2) is 31.8 Å². The highest BCUT2D eigenvalue weighted by atomic mass is 18.2. The van der Waals surface area contributed by atoms with Crippen LogP contribution in [0.2, 0.25) is 0 Å². The third-order valence-corrected chi connectivity index (χ3v) is 4.69. The molecule has 0 amide bonds. The molecule has 0 unspecified atom stereocenters. The molecule has 2 aromatic carbocycles. The van der Waals surface area contributed by atoms with Gasteiger partial charge in [0.25, 0.3) is 0 Å². The summed E-state index contributed by atoms with van der Waals surface area (Å²) in [6.45, 7) is 3.55. The number of Topliss-reactive ketones (excluding diaryl/α,β-unsaturated/α-hetero) is 1. The van der Waals surface area contributed by atoms with Crippen molar-refractivity contribution in [3.8, 4) is 17.2 Å². The fourth-order valence-electron chi connectivity index (χ4n) is 3.21. The van der Waals surface area contributed by atoms with Gasteiger partial charge in [-0.05, 0) is 68.1 Å². The molecule has 0 bridgehead atoms. The van der Waals surface area contributed by atoms with E-state index in [1.54, 1.807) is 18.2 Å². The van der Waals surface area contributed by atoms with E-state index in [0.717, 1.165) is 29.7 Å².